The monoisotopic (exact) mass is 268 g/mol. The van der Waals surface area contributed by atoms with Crippen LogP contribution in [0.25, 0.3) is 0 Å². The number of hydrogen-bond donors (Lipinski definition) is 0. The molecule has 2 aromatic rings. The number of halogens is 1. The normalized spacial score (nSPS) is 10.5. The van der Waals surface area contributed by atoms with E-state index in [1.165, 1.54) is 12.5 Å². The van der Waals surface area contributed by atoms with Crippen LogP contribution in [0.5, 0.6) is 0 Å². The number of hydrogen-bond acceptors (Lipinski definition) is 3. The van der Waals surface area contributed by atoms with Crippen LogP contribution in [0, 0.1) is 0 Å². The summed E-state index contributed by atoms with van der Waals surface area (Å²) in [6.07, 6.45) is 6.59. The van der Waals surface area contributed by atoms with Crippen molar-refractivity contribution in [1.29, 1.82) is 0 Å². The van der Waals surface area contributed by atoms with Crippen molar-refractivity contribution >= 4 is 15.9 Å². The number of aryl methyl sites for hydroxylation is 2. The fourth-order valence-electron chi connectivity index (χ4n) is 1.23. The van der Waals surface area contributed by atoms with E-state index in [9.17, 15) is 4.79 Å². The first-order valence-electron chi connectivity index (χ1n) is 4.45. The first-order valence-corrected chi connectivity index (χ1v) is 5.24. The van der Waals surface area contributed by atoms with E-state index in [-0.39, 0.29) is 5.56 Å². The first-order chi connectivity index (χ1) is 7.27. The molecule has 2 heterocycles. The molecule has 0 aromatic carbocycles. The summed E-state index contributed by atoms with van der Waals surface area (Å²) in [5.41, 5.74) is -0.0721. The highest BCUT2D eigenvalue weighted by atomic mass is 79.9. The van der Waals surface area contributed by atoms with Gasteiger partial charge in [0.1, 0.15) is 4.47 Å². The second-order valence-corrected chi connectivity index (χ2v) is 3.86. The molecule has 0 saturated carbocycles. The van der Waals surface area contributed by atoms with Crippen molar-refractivity contribution in [1.82, 2.24) is 19.3 Å². The van der Waals surface area contributed by atoms with Gasteiger partial charge in [0.05, 0.1) is 12.9 Å². The molecule has 6 heteroatoms. The van der Waals surface area contributed by atoms with Crippen molar-refractivity contribution < 1.29 is 0 Å². The van der Waals surface area contributed by atoms with Gasteiger partial charge in [-0.25, -0.2) is 4.98 Å². The Balaban J connectivity index is 2.12. The van der Waals surface area contributed by atoms with Gasteiger partial charge in [0.25, 0.3) is 5.56 Å². The third-order valence-corrected chi connectivity index (χ3v) is 2.53. The minimum absolute atomic E-state index is 0.0721. The highest BCUT2D eigenvalue weighted by molar-refractivity contribution is 9.10. The van der Waals surface area contributed by atoms with E-state index in [2.05, 4.69) is 26.0 Å². The molecule has 0 saturated heterocycles. The van der Waals surface area contributed by atoms with Gasteiger partial charge in [0.15, 0.2) is 0 Å². The van der Waals surface area contributed by atoms with Crippen LogP contribution in [0.2, 0.25) is 0 Å². The molecule has 0 aliphatic heterocycles. The van der Waals surface area contributed by atoms with Gasteiger partial charge in [-0.1, -0.05) is 0 Å². The van der Waals surface area contributed by atoms with Crippen molar-refractivity contribution in [2.75, 3.05) is 0 Å². The van der Waals surface area contributed by atoms with Gasteiger partial charge < -0.3 is 0 Å². The molecule has 0 aliphatic rings. The lowest BCUT2D eigenvalue weighted by Gasteiger charge is -2.04. The topological polar surface area (TPSA) is 52.7 Å². The lowest BCUT2D eigenvalue weighted by Crippen LogP contribution is -2.23. The van der Waals surface area contributed by atoms with Crippen LogP contribution in [-0.2, 0) is 13.1 Å². The summed E-state index contributed by atoms with van der Waals surface area (Å²) >= 11 is 3.15. The second-order valence-electron chi connectivity index (χ2n) is 3.01. The Morgan fingerprint density at radius 1 is 1.40 bits per heavy atom. The summed E-state index contributed by atoms with van der Waals surface area (Å²) in [5.74, 6) is 0. The SMILES string of the molecule is O=c1c(Br)cncn1CCn1cccn1. The molecule has 0 radical (unpaired) electrons. The Morgan fingerprint density at radius 3 is 3.00 bits per heavy atom. The Bertz CT molecular complexity index is 491. The molecule has 0 unspecified atom stereocenters. The summed E-state index contributed by atoms with van der Waals surface area (Å²) in [6, 6.07) is 1.85. The molecule has 0 atom stereocenters. The van der Waals surface area contributed by atoms with Crippen LogP contribution in [0.1, 0.15) is 0 Å². The smallest absolute Gasteiger partial charge is 0.267 e. The summed E-state index contributed by atoms with van der Waals surface area (Å²) in [4.78, 5) is 15.5. The number of nitrogens with zero attached hydrogens (tertiary/aromatic N) is 4. The zero-order valence-corrected chi connectivity index (χ0v) is 9.46. The van der Waals surface area contributed by atoms with Crippen molar-refractivity contribution in [3.05, 3.63) is 45.8 Å². The van der Waals surface area contributed by atoms with Crippen molar-refractivity contribution in [3.63, 3.8) is 0 Å². The van der Waals surface area contributed by atoms with Crippen LogP contribution < -0.4 is 5.56 Å². The molecule has 5 nitrogen and oxygen atoms in total. The Hall–Kier alpha value is -1.43. The van der Waals surface area contributed by atoms with Gasteiger partial charge in [-0.15, -0.1) is 0 Å². The van der Waals surface area contributed by atoms with E-state index < -0.39 is 0 Å². The quantitative estimate of drug-likeness (QED) is 0.832. The maximum atomic E-state index is 11.6. The standard InChI is InChI=1S/C9H9BrN4O/c10-8-6-11-7-13(9(8)15)4-5-14-3-1-2-12-14/h1-3,6-7H,4-5H2. The van der Waals surface area contributed by atoms with Crippen LogP contribution in [0.15, 0.2) is 40.3 Å². The second kappa shape index (κ2) is 4.39. The van der Waals surface area contributed by atoms with Crippen molar-refractivity contribution in [2.45, 2.75) is 13.1 Å². The lowest BCUT2D eigenvalue weighted by molar-refractivity contribution is 0.517. The fraction of sp³-hybridized carbons (Fsp3) is 0.222. The number of aromatic nitrogens is 4. The molecule has 0 amide bonds. The van der Waals surface area contributed by atoms with E-state index in [1.54, 1.807) is 15.4 Å². The van der Waals surface area contributed by atoms with E-state index >= 15 is 0 Å². The van der Waals surface area contributed by atoms with Gasteiger partial charge >= 0.3 is 0 Å². The summed E-state index contributed by atoms with van der Waals surface area (Å²) < 4.78 is 3.80. The average Bonchev–Trinajstić information content (AvgIpc) is 2.73. The first kappa shape index (κ1) is 10.1. The molecule has 78 valence electrons. The highest BCUT2D eigenvalue weighted by Gasteiger charge is 2.00. The highest BCUT2D eigenvalue weighted by Crippen LogP contribution is 1.98. The van der Waals surface area contributed by atoms with E-state index in [1.807, 2.05) is 12.3 Å². The molecule has 0 aliphatic carbocycles. The third-order valence-electron chi connectivity index (χ3n) is 1.99. The molecular formula is C9H9BrN4O. The molecule has 0 N–H and O–H groups in total. The molecule has 0 fully saturated rings. The largest absolute Gasteiger partial charge is 0.296 e. The minimum Gasteiger partial charge on any atom is -0.296 e. The Kier molecular flexibility index (Phi) is 2.96. The molecule has 0 spiro atoms. The molecule has 0 bridgehead atoms. The summed E-state index contributed by atoms with van der Waals surface area (Å²) in [5, 5.41) is 4.05. The lowest BCUT2D eigenvalue weighted by atomic mass is 10.5. The average molecular weight is 269 g/mol. The molecular weight excluding hydrogens is 260 g/mol. The van der Waals surface area contributed by atoms with E-state index in [0.29, 0.717) is 17.6 Å². The molecule has 2 rings (SSSR count). The molecule has 2 aromatic heterocycles. The predicted octanol–water partition coefficient (Wildman–Crippen LogP) is 0.902. The van der Waals surface area contributed by atoms with Gasteiger partial charge in [0, 0.05) is 25.1 Å². The van der Waals surface area contributed by atoms with Gasteiger partial charge in [-0.3, -0.25) is 14.0 Å². The maximum absolute atomic E-state index is 11.6. The van der Waals surface area contributed by atoms with E-state index in [4.69, 9.17) is 0 Å². The maximum Gasteiger partial charge on any atom is 0.267 e. The Morgan fingerprint density at radius 2 is 2.27 bits per heavy atom. The van der Waals surface area contributed by atoms with Crippen LogP contribution in [0.4, 0.5) is 0 Å². The van der Waals surface area contributed by atoms with Crippen LogP contribution in [-0.4, -0.2) is 19.3 Å². The fourth-order valence-corrected chi connectivity index (χ4v) is 1.57. The van der Waals surface area contributed by atoms with Gasteiger partial charge in [0.2, 0.25) is 0 Å². The minimum atomic E-state index is -0.0721. The van der Waals surface area contributed by atoms with Crippen LogP contribution in [0.3, 0.4) is 0 Å². The summed E-state index contributed by atoms with van der Waals surface area (Å²) in [6.45, 7) is 1.22. The zero-order chi connectivity index (χ0) is 10.7. The van der Waals surface area contributed by atoms with Gasteiger partial charge in [-0.05, 0) is 22.0 Å². The third kappa shape index (κ3) is 2.33. The zero-order valence-electron chi connectivity index (χ0n) is 7.88. The van der Waals surface area contributed by atoms with Gasteiger partial charge in [-0.2, -0.15) is 5.10 Å². The molecule has 15 heavy (non-hydrogen) atoms. The predicted molar refractivity (Wildman–Crippen MR) is 58.4 cm³/mol. The Labute approximate surface area is 94.5 Å². The number of rotatable bonds is 3. The van der Waals surface area contributed by atoms with Crippen molar-refractivity contribution in [3.8, 4) is 0 Å². The summed E-state index contributed by atoms with van der Waals surface area (Å²) in [7, 11) is 0. The van der Waals surface area contributed by atoms with Crippen molar-refractivity contribution in [2.24, 2.45) is 0 Å². The van der Waals surface area contributed by atoms with Crippen LogP contribution >= 0.6 is 15.9 Å². The van der Waals surface area contributed by atoms with E-state index in [0.717, 1.165) is 0 Å².